The van der Waals surface area contributed by atoms with Gasteiger partial charge in [-0.15, -0.1) is 0 Å². The molecule has 0 unspecified atom stereocenters. The number of hydrogen-bond donors (Lipinski definition) is 1. The molecule has 27 heavy (non-hydrogen) atoms. The van der Waals surface area contributed by atoms with Crippen molar-refractivity contribution in [2.24, 2.45) is 0 Å². The molecule has 1 N–H and O–H groups in total. The Bertz CT molecular complexity index is 1020. The number of methoxy groups -OCH3 is 1. The Labute approximate surface area is 157 Å². The summed E-state index contributed by atoms with van der Waals surface area (Å²) in [6.07, 6.45) is 0.666. The largest absolute Gasteiger partial charge is 0.496 e. The monoisotopic (exact) mass is 360 g/mol. The lowest BCUT2D eigenvalue weighted by molar-refractivity contribution is -0.119. The van der Waals surface area contributed by atoms with Crippen molar-refractivity contribution in [3.63, 3.8) is 0 Å². The summed E-state index contributed by atoms with van der Waals surface area (Å²) < 4.78 is 5.33. The van der Waals surface area contributed by atoms with Crippen LogP contribution in [0, 0.1) is 0 Å². The van der Waals surface area contributed by atoms with Crippen LogP contribution in [0.4, 0.5) is 5.69 Å². The Hall–Kier alpha value is -3.34. The average Bonchev–Trinajstić information content (AvgIpc) is 2.96. The smallest absolute Gasteiger partial charge is 0.259 e. The Balaban J connectivity index is 1.42. The van der Waals surface area contributed by atoms with Gasteiger partial charge in [-0.25, -0.2) is 0 Å². The van der Waals surface area contributed by atoms with E-state index < -0.39 is 0 Å². The van der Waals surface area contributed by atoms with Crippen molar-refractivity contribution in [3.05, 3.63) is 71.8 Å². The fourth-order valence-corrected chi connectivity index (χ4v) is 3.58. The van der Waals surface area contributed by atoms with Gasteiger partial charge in [0.2, 0.25) is 5.91 Å². The number of carbonyl (C=O) groups excluding carboxylic acids is 2. The number of amides is 2. The van der Waals surface area contributed by atoms with E-state index in [1.165, 1.54) is 0 Å². The fourth-order valence-electron chi connectivity index (χ4n) is 3.58. The molecule has 3 aromatic rings. The van der Waals surface area contributed by atoms with Gasteiger partial charge in [-0.3, -0.25) is 14.5 Å². The number of nitrogens with one attached hydrogen (secondary N) is 1. The molecule has 136 valence electrons. The molecule has 1 aliphatic rings. The second-order valence-electron chi connectivity index (χ2n) is 6.48. The highest BCUT2D eigenvalue weighted by atomic mass is 16.5. The van der Waals surface area contributed by atoms with Gasteiger partial charge in [-0.05, 0) is 35.6 Å². The Kier molecular flexibility index (Phi) is 4.50. The third kappa shape index (κ3) is 3.12. The average molecular weight is 360 g/mol. The first-order valence-electron chi connectivity index (χ1n) is 8.91. The summed E-state index contributed by atoms with van der Waals surface area (Å²) in [5, 5.41) is 4.83. The van der Waals surface area contributed by atoms with Gasteiger partial charge in [0.25, 0.3) is 5.91 Å². The van der Waals surface area contributed by atoms with Gasteiger partial charge in [0.05, 0.1) is 12.8 Å². The molecule has 0 aliphatic carbocycles. The van der Waals surface area contributed by atoms with Gasteiger partial charge in [-0.1, -0.05) is 42.5 Å². The topological polar surface area (TPSA) is 58.6 Å². The molecular formula is C22H20N2O3. The van der Waals surface area contributed by atoms with E-state index in [4.69, 9.17) is 4.74 Å². The second kappa shape index (κ2) is 7.11. The molecule has 0 saturated heterocycles. The van der Waals surface area contributed by atoms with E-state index in [2.05, 4.69) is 5.32 Å². The summed E-state index contributed by atoms with van der Waals surface area (Å²) in [4.78, 5) is 26.7. The van der Waals surface area contributed by atoms with Crippen molar-refractivity contribution >= 4 is 28.3 Å². The quantitative estimate of drug-likeness (QED) is 0.735. The molecule has 3 aromatic carbocycles. The molecule has 0 atom stereocenters. The molecule has 0 radical (unpaired) electrons. The molecule has 0 spiro atoms. The van der Waals surface area contributed by atoms with Crippen LogP contribution in [0.15, 0.2) is 60.7 Å². The van der Waals surface area contributed by atoms with E-state index in [0.29, 0.717) is 18.5 Å². The minimum absolute atomic E-state index is 0.0125. The number of nitrogens with zero attached hydrogens (tertiary/aromatic N) is 1. The molecule has 5 heteroatoms. The number of para-hydroxylation sites is 1. The summed E-state index contributed by atoms with van der Waals surface area (Å²) in [6.45, 7) is 0.497. The molecule has 1 aliphatic heterocycles. The first-order chi connectivity index (χ1) is 13.2. The van der Waals surface area contributed by atoms with Crippen LogP contribution in [-0.4, -0.2) is 32.0 Å². The summed E-state index contributed by atoms with van der Waals surface area (Å²) in [7, 11) is 1.63. The van der Waals surface area contributed by atoms with Crippen molar-refractivity contribution in [3.8, 4) is 5.75 Å². The van der Waals surface area contributed by atoms with E-state index >= 15 is 0 Å². The lowest BCUT2D eigenvalue weighted by atomic mass is 10.1. The van der Waals surface area contributed by atoms with Crippen LogP contribution in [0.2, 0.25) is 0 Å². The summed E-state index contributed by atoms with van der Waals surface area (Å²) in [6, 6.07) is 19.2. The number of anilines is 1. The molecule has 0 fully saturated rings. The summed E-state index contributed by atoms with van der Waals surface area (Å²) >= 11 is 0. The van der Waals surface area contributed by atoms with Gasteiger partial charge in [0.1, 0.15) is 12.3 Å². The molecule has 5 nitrogen and oxygen atoms in total. The molecule has 1 heterocycles. The second-order valence-corrected chi connectivity index (χ2v) is 6.48. The van der Waals surface area contributed by atoms with Gasteiger partial charge in [0, 0.05) is 17.5 Å². The van der Waals surface area contributed by atoms with Gasteiger partial charge in [0.15, 0.2) is 0 Å². The SMILES string of the molecule is COc1ccccc1CCNC(=O)CN1C(=O)c2cccc3cccc1c23. The summed E-state index contributed by atoms with van der Waals surface area (Å²) in [5.74, 6) is 0.508. The zero-order valence-corrected chi connectivity index (χ0v) is 15.1. The van der Waals surface area contributed by atoms with Crippen molar-refractivity contribution in [2.75, 3.05) is 25.1 Å². The maximum atomic E-state index is 12.7. The number of carbonyl (C=O) groups is 2. The maximum Gasteiger partial charge on any atom is 0.259 e. The van der Waals surface area contributed by atoms with Crippen LogP contribution in [0.5, 0.6) is 5.75 Å². The van der Waals surface area contributed by atoms with Crippen LogP contribution < -0.4 is 15.0 Å². The first kappa shape index (κ1) is 17.1. The van der Waals surface area contributed by atoms with Crippen molar-refractivity contribution in [1.29, 1.82) is 0 Å². The minimum Gasteiger partial charge on any atom is -0.496 e. The highest BCUT2D eigenvalue weighted by Gasteiger charge is 2.30. The molecule has 0 saturated carbocycles. The fraction of sp³-hybridized carbons (Fsp3) is 0.182. The minimum atomic E-state index is -0.178. The van der Waals surface area contributed by atoms with E-state index in [1.54, 1.807) is 12.0 Å². The standard InChI is InChI=1S/C22H20N2O3/c1-27-19-11-3-2-6-15(19)12-13-23-20(25)14-24-18-10-5-8-16-7-4-9-17(21(16)18)22(24)26/h2-11H,12-14H2,1H3,(H,23,25). The van der Waals surface area contributed by atoms with E-state index in [-0.39, 0.29) is 18.4 Å². The van der Waals surface area contributed by atoms with E-state index in [9.17, 15) is 9.59 Å². The van der Waals surface area contributed by atoms with Crippen LogP contribution in [0.3, 0.4) is 0 Å². The summed E-state index contributed by atoms with van der Waals surface area (Å²) in [5.41, 5.74) is 2.49. The molecule has 0 bridgehead atoms. The third-order valence-corrected chi connectivity index (χ3v) is 4.86. The van der Waals surface area contributed by atoms with Crippen LogP contribution in [0.1, 0.15) is 15.9 Å². The normalized spacial score (nSPS) is 12.5. The number of rotatable bonds is 6. The lowest BCUT2D eigenvalue weighted by Gasteiger charge is -2.17. The van der Waals surface area contributed by atoms with Gasteiger partial charge in [-0.2, -0.15) is 0 Å². The predicted molar refractivity (Wildman–Crippen MR) is 105 cm³/mol. The predicted octanol–water partition coefficient (Wildman–Crippen LogP) is 3.17. The molecule has 2 amide bonds. The maximum absolute atomic E-state index is 12.7. The molecular weight excluding hydrogens is 340 g/mol. The molecule has 0 aromatic heterocycles. The van der Waals surface area contributed by atoms with Crippen LogP contribution in [0.25, 0.3) is 10.8 Å². The zero-order valence-electron chi connectivity index (χ0n) is 15.1. The van der Waals surface area contributed by atoms with Crippen molar-refractivity contribution in [2.45, 2.75) is 6.42 Å². The lowest BCUT2D eigenvalue weighted by Crippen LogP contribution is -2.39. The van der Waals surface area contributed by atoms with Crippen molar-refractivity contribution < 1.29 is 14.3 Å². The first-order valence-corrected chi connectivity index (χ1v) is 8.91. The highest BCUT2D eigenvalue weighted by molar-refractivity contribution is 6.26. The van der Waals surface area contributed by atoms with E-state index in [0.717, 1.165) is 27.8 Å². The highest BCUT2D eigenvalue weighted by Crippen LogP contribution is 2.36. The number of benzene rings is 3. The Morgan fingerprint density at radius 1 is 1.04 bits per heavy atom. The Morgan fingerprint density at radius 2 is 1.81 bits per heavy atom. The van der Waals surface area contributed by atoms with Crippen LogP contribution >= 0.6 is 0 Å². The van der Waals surface area contributed by atoms with Gasteiger partial charge >= 0.3 is 0 Å². The van der Waals surface area contributed by atoms with E-state index in [1.807, 2.05) is 60.7 Å². The molecule has 4 rings (SSSR count). The third-order valence-electron chi connectivity index (χ3n) is 4.86. The van der Waals surface area contributed by atoms with Crippen molar-refractivity contribution in [1.82, 2.24) is 5.32 Å². The Morgan fingerprint density at radius 3 is 2.63 bits per heavy atom. The zero-order chi connectivity index (χ0) is 18.8. The van der Waals surface area contributed by atoms with Gasteiger partial charge < -0.3 is 10.1 Å². The number of ether oxygens (including phenoxy) is 1. The van der Waals surface area contributed by atoms with Crippen LogP contribution in [-0.2, 0) is 11.2 Å². The number of hydrogen-bond acceptors (Lipinski definition) is 3.